The Kier molecular flexibility index (Phi) is 5.55. The molecular formula is C23H24N2O2. The van der Waals surface area contributed by atoms with E-state index in [0.717, 1.165) is 28.3 Å². The molecule has 0 amide bonds. The summed E-state index contributed by atoms with van der Waals surface area (Å²) >= 11 is 0. The van der Waals surface area contributed by atoms with Crippen molar-refractivity contribution in [3.05, 3.63) is 88.2 Å². The van der Waals surface area contributed by atoms with Crippen LogP contribution in [0.2, 0.25) is 0 Å². The molecule has 0 aliphatic heterocycles. The lowest BCUT2D eigenvalue weighted by atomic mass is 10.1. The van der Waals surface area contributed by atoms with Gasteiger partial charge in [0.15, 0.2) is 5.78 Å². The smallest absolute Gasteiger partial charge is 0.189 e. The number of ether oxygens (including phenoxy) is 1. The summed E-state index contributed by atoms with van der Waals surface area (Å²) < 4.78 is 7.55. The molecule has 0 aliphatic carbocycles. The number of carbonyl (C=O) groups is 1. The van der Waals surface area contributed by atoms with Crippen molar-refractivity contribution in [2.75, 3.05) is 0 Å². The number of allylic oxidation sites excluding steroid dienone is 1. The molecule has 4 heteroatoms. The van der Waals surface area contributed by atoms with E-state index in [1.165, 1.54) is 5.56 Å². The lowest BCUT2D eigenvalue weighted by Gasteiger charge is -2.07. The van der Waals surface area contributed by atoms with Crippen molar-refractivity contribution in [3.8, 4) is 5.75 Å². The maximum atomic E-state index is 12.5. The Labute approximate surface area is 160 Å². The van der Waals surface area contributed by atoms with E-state index in [9.17, 15) is 4.79 Å². The van der Waals surface area contributed by atoms with Crippen LogP contribution in [0.4, 0.5) is 0 Å². The SMILES string of the molecule is Cc1ccc(COc2ccc(C=CC(=O)c3c(C)nn(C)c3C)cc2)cc1. The van der Waals surface area contributed by atoms with Crippen LogP contribution < -0.4 is 4.74 Å². The molecule has 2 aromatic carbocycles. The normalized spacial score (nSPS) is 11.1. The summed E-state index contributed by atoms with van der Waals surface area (Å²) in [6, 6.07) is 16.0. The number of nitrogens with zero attached hydrogens (tertiary/aromatic N) is 2. The molecule has 0 aliphatic rings. The van der Waals surface area contributed by atoms with Crippen LogP contribution in [0.25, 0.3) is 6.08 Å². The summed E-state index contributed by atoms with van der Waals surface area (Å²) in [7, 11) is 1.85. The molecule has 0 fully saturated rings. The number of aromatic nitrogens is 2. The minimum absolute atomic E-state index is 0.0298. The number of hydrogen-bond donors (Lipinski definition) is 0. The van der Waals surface area contributed by atoms with E-state index in [0.29, 0.717) is 12.2 Å². The largest absolute Gasteiger partial charge is 0.489 e. The maximum Gasteiger partial charge on any atom is 0.189 e. The van der Waals surface area contributed by atoms with Crippen LogP contribution in [0, 0.1) is 20.8 Å². The summed E-state index contributed by atoms with van der Waals surface area (Å²) in [5.41, 5.74) is 5.63. The zero-order chi connectivity index (χ0) is 19.4. The molecule has 1 aromatic heterocycles. The van der Waals surface area contributed by atoms with E-state index in [1.807, 2.05) is 51.2 Å². The van der Waals surface area contributed by atoms with Gasteiger partial charge in [0.05, 0.1) is 11.3 Å². The first kappa shape index (κ1) is 18.6. The molecule has 0 unspecified atom stereocenters. The van der Waals surface area contributed by atoms with Crippen LogP contribution in [0.5, 0.6) is 5.75 Å². The molecule has 3 aromatic rings. The van der Waals surface area contributed by atoms with E-state index in [-0.39, 0.29) is 5.78 Å². The Morgan fingerprint density at radius 3 is 2.30 bits per heavy atom. The predicted octanol–water partition coefficient (Wildman–Crippen LogP) is 4.82. The van der Waals surface area contributed by atoms with Gasteiger partial charge in [-0.3, -0.25) is 9.48 Å². The lowest BCUT2D eigenvalue weighted by Crippen LogP contribution is -1.99. The quantitative estimate of drug-likeness (QED) is 0.467. The van der Waals surface area contributed by atoms with Crippen LogP contribution >= 0.6 is 0 Å². The molecule has 0 saturated carbocycles. The third kappa shape index (κ3) is 4.53. The summed E-state index contributed by atoms with van der Waals surface area (Å²) in [4.78, 5) is 12.5. The van der Waals surface area contributed by atoms with Gasteiger partial charge in [-0.05, 0) is 50.1 Å². The van der Waals surface area contributed by atoms with Gasteiger partial charge in [-0.15, -0.1) is 0 Å². The van der Waals surface area contributed by atoms with Crippen LogP contribution in [-0.2, 0) is 13.7 Å². The van der Waals surface area contributed by atoms with Gasteiger partial charge in [0.25, 0.3) is 0 Å². The first-order valence-corrected chi connectivity index (χ1v) is 8.95. The Balaban J connectivity index is 1.62. The second-order valence-corrected chi connectivity index (χ2v) is 6.71. The fraction of sp³-hybridized carbons (Fsp3) is 0.217. The van der Waals surface area contributed by atoms with Gasteiger partial charge in [-0.25, -0.2) is 0 Å². The highest BCUT2D eigenvalue weighted by atomic mass is 16.5. The number of benzene rings is 2. The van der Waals surface area contributed by atoms with Crippen molar-refractivity contribution in [3.63, 3.8) is 0 Å². The summed E-state index contributed by atoms with van der Waals surface area (Å²) in [6.45, 7) is 6.36. The minimum Gasteiger partial charge on any atom is -0.489 e. The molecule has 0 spiro atoms. The van der Waals surface area contributed by atoms with Crippen LogP contribution in [0.3, 0.4) is 0 Å². The van der Waals surface area contributed by atoms with Gasteiger partial charge >= 0.3 is 0 Å². The zero-order valence-corrected chi connectivity index (χ0v) is 16.2. The molecule has 0 saturated heterocycles. The zero-order valence-electron chi connectivity index (χ0n) is 16.2. The fourth-order valence-corrected chi connectivity index (χ4v) is 2.91. The Morgan fingerprint density at radius 2 is 1.70 bits per heavy atom. The van der Waals surface area contributed by atoms with Crippen molar-refractivity contribution < 1.29 is 9.53 Å². The highest BCUT2D eigenvalue weighted by Gasteiger charge is 2.14. The molecule has 0 bridgehead atoms. The average Bonchev–Trinajstić information content (AvgIpc) is 2.92. The van der Waals surface area contributed by atoms with Crippen molar-refractivity contribution in [2.24, 2.45) is 7.05 Å². The first-order chi connectivity index (χ1) is 12.9. The second kappa shape index (κ2) is 8.04. The first-order valence-electron chi connectivity index (χ1n) is 8.95. The second-order valence-electron chi connectivity index (χ2n) is 6.71. The third-order valence-corrected chi connectivity index (χ3v) is 4.59. The van der Waals surface area contributed by atoms with Gasteiger partial charge < -0.3 is 4.74 Å². The highest BCUT2D eigenvalue weighted by molar-refractivity contribution is 6.08. The maximum absolute atomic E-state index is 12.5. The van der Waals surface area contributed by atoms with Gasteiger partial charge in [-0.1, -0.05) is 48.0 Å². The summed E-state index contributed by atoms with van der Waals surface area (Å²) in [6.07, 6.45) is 3.41. The lowest BCUT2D eigenvalue weighted by molar-refractivity contribution is 0.104. The van der Waals surface area contributed by atoms with E-state index in [1.54, 1.807) is 10.8 Å². The van der Waals surface area contributed by atoms with Crippen LogP contribution in [0.15, 0.2) is 54.6 Å². The predicted molar refractivity (Wildman–Crippen MR) is 108 cm³/mol. The number of ketones is 1. The molecule has 138 valence electrons. The van der Waals surface area contributed by atoms with E-state index < -0.39 is 0 Å². The molecule has 3 rings (SSSR count). The molecule has 4 nitrogen and oxygen atoms in total. The number of hydrogen-bond acceptors (Lipinski definition) is 3. The van der Waals surface area contributed by atoms with Crippen molar-refractivity contribution in [2.45, 2.75) is 27.4 Å². The molecule has 0 atom stereocenters. The third-order valence-electron chi connectivity index (χ3n) is 4.59. The molecule has 0 N–H and O–H groups in total. The monoisotopic (exact) mass is 360 g/mol. The molecule has 27 heavy (non-hydrogen) atoms. The van der Waals surface area contributed by atoms with E-state index in [2.05, 4.69) is 36.3 Å². The van der Waals surface area contributed by atoms with Gasteiger partial charge in [0.1, 0.15) is 12.4 Å². The Bertz CT molecular complexity index is 965. The van der Waals surface area contributed by atoms with Crippen molar-refractivity contribution in [1.82, 2.24) is 9.78 Å². The number of rotatable bonds is 6. The molecular weight excluding hydrogens is 336 g/mol. The minimum atomic E-state index is -0.0298. The van der Waals surface area contributed by atoms with Gasteiger partial charge in [0, 0.05) is 12.7 Å². The number of carbonyl (C=O) groups excluding carboxylic acids is 1. The van der Waals surface area contributed by atoms with Crippen LogP contribution in [0.1, 0.15) is 38.4 Å². The molecule has 1 heterocycles. The topological polar surface area (TPSA) is 44.1 Å². The van der Waals surface area contributed by atoms with Crippen LogP contribution in [-0.4, -0.2) is 15.6 Å². The Hall–Kier alpha value is -3.14. The molecule has 0 radical (unpaired) electrons. The van der Waals surface area contributed by atoms with Gasteiger partial charge in [0.2, 0.25) is 0 Å². The van der Waals surface area contributed by atoms with E-state index in [4.69, 9.17) is 4.74 Å². The van der Waals surface area contributed by atoms with Gasteiger partial charge in [-0.2, -0.15) is 5.10 Å². The number of aryl methyl sites for hydroxylation is 3. The summed E-state index contributed by atoms with van der Waals surface area (Å²) in [5, 5.41) is 4.29. The fourth-order valence-electron chi connectivity index (χ4n) is 2.91. The average molecular weight is 360 g/mol. The standard InChI is InChI=1S/C23H24N2O2/c1-16-5-7-20(8-6-16)15-27-21-12-9-19(10-13-21)11-14-22(26)23-17(2)24-25(4)18(23)3/h5-14H,15H2,1-4H3. The summed E-state index contributed by atoms with van der Waals surface area (Å²) in [5.74, 6) is 0.774. The van der Waals surface area contributed by atoms with Crippen molar-refractivity contribution in [1.29, 1.82) is 0 Å². The van der Waals surface area contributed by atoms with Crippen molar-refractivity contribution >= 4 is 11.9 Å². The highest BCUT2D eigenvalue weighted by Crippen LogP contribution is 2.17. The van der Waals surface area contributed by atoms with E-state index >= 15 is 0 Å². The Morgan fingerprint density at radius 1 is 1.04 bits per heavy atom.